The second-order valence-corrected chi connectivity index (χ2v) is 4.01. The van der Waals surface area contributed by atoms with E-state index in [-0.39, 0.29) is 6.10 Å². The van der Waals surface area contributed by atoms with Gasteiger partial charge < -0.3 is 9.84 Å². The van der Waals surface area contributed by atoms with Crippen molar-refractivity contribution in [3.8, 4) is 0 Å². The molecule has 0 aromatic heterocycles. The Bertz CT molecular complexity index is 173. The summed E-state index contributed by atoms with van der Waals surface area (Å²) in [5.41, 5.74) is 0. The van der Waals surface area contributed by atoms with E-state index in [0.717, 1.165) is 19.3 Å². The van der Waals surface area contributed by atoms with E-state index < -0.39 is 12.1 Å². The van der Waals surface area contributed by atoms with E-state index in [1.54, 1.807) is 0 Å². The van der Waals surface area contributed by atoms with Gasteiger partial charge in [-0.25, -0.2) is 4.79 Å². The van der Waals surface area contributed by atoms with Crippen molar-refractivity contribution in [2.24, 2.45) is 0 Å². The van der Waals surface area contributed by atoms with Crippen LogP contribution in [-0.4, -0.2) is 23.3 Å². The maximum Gasteiger partial charge on any atom is 0.332 e. The lowest BCUT2D eigenvalue weighted by Gasteiger charge is -2.25. The average Bonchev–Trinajstić information content (AvgIpc) is 2.18. The molecule has 0 bridgehead atoms. The molecule has 0 radical (unpaired) electrons. The first-order valence-electron chi connectivity index (χ1n) is 5.62. The molecule has 14 heavy (non-hydrogen) atoms. The van der Waals surface area contributed by atoms with E-state index in [2.05, 4.69) is 0 Å². The van der Waals surface area contributed by atoms with Gasteiger partial charge in [-0.05, 0) is 19.3 Å². The summed E-state index contributed by atoms with van der Waals surface area (Å²) in [6, 6.07) is 0. The summed E-state index contributed by atoms with van der Waals surface area (Å²) in [5.74, 6) is -0.808. The van der Waals surface area contributed by atoms with Crippen molar-refractivity contribution < 1.29 is 14.6 Å². The standard InChI is InChI=1S/C11H20O3/c1-2-6-10(11(12)13)14-9-7-4-3-5-8-9/h9-10H,2-8H2,1H3,(H,12,13). The highest BCUT2D eigenvalue weighted by Gasteiger charge is 2.23. The molecule has 0 spiro atoms. The molecule has 1 aliphatic carbocycles. The lowest BCUT2D eigenvalue weighted by atomic mass is 9.97. The van der Waals surface area contributed by atoms with Crippen molar-refractivity contribution in [1.82, 2.24) is 0 Å². The summed E-state index contributed by atoms with van der Waals surface area (Å²) in [4.78, 5) is 10.8. The van der Waals surface area contributed by atoms with E-state index >= 15 is 0 Å². The molecule has 1 N–H and O–H groups in total. The third-order valence-electron chi connectivity index (χ3n) is 2.74. The zero-order valence-electron chi connectivity index (χ0n) is 8.87. The Labute approximate surface area is 85.5 Å². The average molecular weight is 200 g/mol. The predicted octanol–water partition coefficient (Wildman–Crippen LogP) is 2.59. The van der Waals surface area contributed by atoms with Gasteiger partial charge in [-0.15, -0.1) is 0 Å². The van der Waals surface area contributed by atoms with Crippen LogP contribution in [-0.2, 0) is 9.53 Å². The Kier molecular flexibility index (Phi) is 4.94. The summed E-state index contributed by atoms with van der Waals surface area (Å²) in [6.45, 7) is 1.99. The molecule has 1 fully saturated rings. The van der Waals surface area contributed by atoms with E-state index in [1.165, 1.54) is 19.3 Å². The van der Waals surface area contributed by atoms with Gasteiger partial charge in [0.1, 0.15) is 0 Å². The van der Waals surface area contributed by atoms with Crippen molar-refractivity contribution in [3.63, 3.8) is 0 Å². The quantitative estimate of drug-likeness (QED) is 0.742. The molecule has 0 saturated heterocycles. The second kappa shape index (κ2) is 6.02. The summed E-state index contributed by atoms with van der Waals surface area (Å²) in [6.07, 6.45) is 6.81. The molecule has 3 nitrogen and oxygen atoms in total. The maximum absolute atomic E-state index is 10.8. The van der Waals surface area contributed by atoms with Crippen LogP contribution in [0.1, 0.15) is 51.9 Å². The molecule has 0 aliphatic heterocycles. The minimum Gasteiger partial charge on any atom is -0.479 e. The molecule has 1 saturated carbocycles. The highest BCUT2D eigenvalue weighted by molar-refractivity contribution is 5.72. The lowest BCUT2D eigenvalue weighted by Crippen LogP contribution is -2.30. The van der Waals surface area contributed by atoms with Gasteiger partial charge in [0, 0.05) is 0 Å². The molecule has 0 amide bonds. The summed E-state index contributed by atoms with van der Waals surface area (Å²) >= 11 is 0. The van der Waals surface area contributed by atoms with E-state index in [9.17, 15) is 4.79 Å². The molecule has 1 aliphatic rings. The topological polar surface area (TPSA) is 46.5 Å². The second-order valence-electron chi connectivity index (χ2n) is 4.01. The summed E-state index contributed by atoms with van der Waals surface area (Å²) < 4.78 is 5.59. The van der Waals surface area contributed by atoms with Crippen molar-refractivity contribution in [1.29, 1.82) is 0 Å². The Balaban J connectivity index is 2.33. The predicted molar refractivity (Wildman–Crippen MR) is 54.3 cm³/mol. The van der Waals surface area contributed by atoms with Gasteiger partial charge in [-0.2, -0.15) is 0 Å². The van der Waals surface area contributed by atoms with Crippen LogP contribution >= 0.6 is 0 Å². The molecule has 0 aromatic rings. The minimum atomic E-state index is -0.808. The molecule has 82 valence electrons. The Morgan fingerprint density at radius 1 is 1.43 bits per heavy atom. The fourth-order valence-electron chi connectivity index (χ4n) is 1.95. The first-order chi connectivity index (χ1) is 6.74. The number of hydrogen-bond donors (Lipinski definition) is 1. The van der Waals surface area contributed by atoms with Gasteiger partial charge in [-0.1, -0.05) is 32.6 Å². The summed E-state index contributed by atoms with van der Waals surface area (Å²) in [7, 11) is 0. The molecule has 1 atom stereocenters. The van der Waals surface area contributed by atoms with Crippen LogP contribution in [0.5, 0.6) is 0 Å². The number of ether oxygens (including phenoxy) is 1. The van der Waals surface area contributed by atoms with Crippen molar-refractivity contribution in [3.05, 3.63) is 0 Å². The monoisotopic (exact) mass is 200 g/mol. The van der Waals surface area contributed by atoms with Crippen LogP contribution in [0.25, 0.3) is 0 Å². The number of hydrogen-bond acceptors (Lipinski definition) is 2. The highest BCUT2D eigenvalue weighted by atomic mass is 16.5. The molecule has 1 unspecified atom stereocenters. The van der Waals surface area contributed by atoms with Gasteiger partial charge in [-0.3, -0.25) is 0 Å². The van der Waals surface area contributed by atoms with Gasteiger partial charge in [0.2, 0.25) is 0 Å². The first-order valence-corrected chi connectivity index (χ1v) is 5.62. The van der Waals surface area contributed by atoms with E-state index in [4.69, 9.17) is 9.84 Å². The van der Waals surface area contributed by atoms with Crippen LogP contribution in [0.4, 0.5) is 0 Å². The third-order valence-corrected chi connectivity index (χ3v) is 2.74. The Morgan fingerprint density at radius 2 is 2.07 bits per heavy atom. The van der Waals surface area contributed by atoms with Crippen LogP contribution < -0.4 is 0 Å². The Hall–Kier alpha value is -0.570. The Morgan fingerprint density at radius 3 is 2.57 bits per heavy atom. The number of carboxylic acid groups (broad SMARTS) is 1. The molecule has 3 heteroatoms. The van der Waals surface area contributed by atoms with E-state index in [0.29, 0.717) is 6.42 Å². The smallest absolute Gasteiger partial charge is 0.332 e. The summed E-state index contributed by atoms with van der Waals surface area (Å²) in [5, 5.41) is 8.91. The van der Waals surface area contributed by atoms with Gasteiger partial charge in [0.25, 0.3) is 0 Å². The highest BCUT2D eigenvalue weighted by Crippen LogP contribution is 2.22. The zero-order chi connectivity index (χ0) is 10.4. The lowest BCUT2D eigenvalue weighted by molar-refractivity contribution is -0.156. The van der Waals surface area contributed by atoms with Crippen molar-refractivity contribution in [2.45, 2.75) is 64.1 Å². The minimum absolute atomic E-state index is 0.191. The first kappa shape index (κ1) is 11.5. The molecule has 1 rings (SSSR count). The van der Waals surface area contributed by atoms with Gasteiger partial charge in [0.05, 0.1) is 6.10 Å². The molecular weight excluding hydrogens is 180 g/mol. The van der Waals surface area contributed by atoms with Crippen LogP contribution in [0, 0.1) is 0 Å². The third kappa shape index (κ3) is 3.66. The fraction of sp³-hybridized carbons (Fsp3) is 0.909. The SMILES string of the molecule is CCCC(OC1CCCCC1)C(=O)O. The van der Waals surface area contributed by atoms with Gasteiger partial charge >= 0.3 is 5.97 Å². The number of carbonyl (C=O) groups is 1. The van der Waals surface area contributed by atoms with Crippen LogP contribution in [0.2, 0.25) is 0 Å². The number of carboxylic acids is 1. The zero-order valence-corrected chi connectivity index (χ0v) is 8.87. The van der Waals surface area contributed by atoms with Crippen molar-refractivity contribution >= 4 is 5.97 Å². The fourth-order valence-corrected chi connectivity index (χ4v) is 1.95. The molecule has 0 heterocycles. The molecule has 0 aromatic carbocycles. The van der Waals surface area contributed by atoms with Crippen LogP contribution in [0.3, 0.4) is 0 Å². The number of aliphatic carboxylic acids is 1. The van der Waals surface area contributed by atoms with Crippen LogP contribution in [0.15, 0.2) is 0 Å². The van der Waals surface area contributed by atoms with Gasteiger partial charge in [0.15, 0.2) is 6.10 Å². The normalized spacial score (nSPS) is 20.6. The van der Waals surface area contributed by atoms with E-state index in [1.807, 2.05) is 6.92 Å². The molecular formula is C11H20O3. The number of rotatable bonds is 5. The largest absolute Gasteiger partial charge is 0.479 e. The van der Waals surface area contributed by atoms with Crippen molar-refractivity contribution in [2.75, 3.05) is 0 Å². The maximum atomic E-state index is 10.8.